The van der Waals surface area contributed by atoms with Crippen LogP contribution in [0, 0.1) is 0 Å². The molecule has 168 valence electrons. The maximum atomic E-state index is 12.7. The Bertz CT molecular complexity index is 1240. The predicted octanol–water partition coefficient (Wildman–Crippen LogP) is 4.54. The van der Waals surface area contributed by atoms with Gasteiger partial charge in [0.1, 0.15) is 11.1 Å². The fraction of sp³-hybridized carbons (Fsp3) is 0.273. The van der Waals surface area contributed by atoms with Gasteiger partial charge in [-0.3, -0.25) is 9.36 Å². The van der Waals surface area contributed by atoms with Crippen LogP contribution in [0.25, 0.3) is 11.0 Å². The molecule has 0 aliphatic carbocycles. The number of benzene rings is 2. The number of amides is 1. The summed E-state index contributed by atoms with van der Waals surface area (Å²) < 4.78 is 39.2. The van der Waals surface area contributed by atoms with Crippen molar-refractivity contribution >= 4 is 30.2 Å². The van der Waals surface area contributed by atoms with Gasteiger partial charge < -0.3 is 28.3 Å². The van der Waals surface area contributed by atoms with Crippen molar-refractivity contribution in [2.75, 3.05) is 25.3 Å². The fourth-order valence-corrected chi connectivity index (χ4v) is 5.01. The minimum absolute atomic E-state index is 0.0871. The highest BCUT2D eigenvalue weighted by Gasteiger charge is 2.24. The van der Waals surface area contributed by atoms with Crippen molar-refractivity contribution in [1.29, 1.82) is 0 Å². The van der Waals surface area contributed by atoms with E-state index in [1.165, 1.54) is 6.07 Å². The summed E-state index contributed by atoms with van der Waals surface area (Å²) in [5, 5.41) is 3.21. The van der Waals surface area contributed by atoms with Gasteiger partial charge in [0.25, 0.3) is 5.91 Å². The number of rotatable bonds is 8. The third-order valence-electron chi connectivity index (χ3n) is 4.71. The molecule has 3 aromatic rings. The molecule has 0 radical (unpaired) electrons. The Labute approximate surface area is 183 Å². The number of anilines is 1. The van der Waals surface area contributed by atoms with E-state index in [9.17, 15) is 14.2 Å². The summed E-state index contributed by atoms with van der Waals surface area (Å²) in [4.78, 5) is 25.0. The summed E-state index contributed by atoms with van der Waals surface area (Å²) in [5.41, 5.74) is 0.590. The van der Waals surface area contributed by atoms with Gasteiger partial charge in [0.2, 0.25) is 6.79 Å². The molecule has 0 unspecified atom stereocenters. The van der Waals surface area contributed by atoms with Crippen molar-refractivity contribution in [3.8, 4) is 11.5 Å². The Hall–Kier alpha value is -3.13. The van der Waals surface area contributed by atoms with E-state index in [-0.39, 0.29) is 31.7 Å². The maximum Gasteiger partial charge on any atom is 0.349 e. The van der Waals surface area contributed by atoms with E-state index in [0.717, 1.165) is 5.56 Å². The number of fused-ring (bicyclic) bond motifs is 2. The van der Waals surface area contributed by atoms with Crippen LogP contribution in [-0.4, -0.2) is 25.9 Å². The highest BCUT2D eigenvalue weighted by Crippen LogP contribution is 2.51. The van der Waals surface area contributed by atoms with Gasteiger partial charge in [0.05, 0.1) is 19.4 Å². The molecular formula is C22H22NO8P. The fourth-order valence-electron chi connectivity index (χ4n) is 3.31. The molecular weight excluding hydrogens is 437 g/mol. The molecule has 9 nitrogen and oxygen atoms in total. The van der Waals surface area contributed by atoms with Gasteiger partial charge in [-0.2, -0.15) is 0 Å². The van der Waals surface area contributed by atoms with E-state index in [4.69, 9.17) is 22.9 Å². The van der Waals surface area contributed by atoms with Crippen molar-refractivity contribution in [3.63, 3.8) is 0 Å². The average molecular weight is 459 g/mol. The molecule has 2 heterocycles. The lowest BCUT2D eigenvalue weighted by atomic mass is 10.1. The van der Waals surface area contributed by atoms with Gasteiger partial charge in [-0.25, -0.2) is 4.79 Å². The molecule has 0 saturated carbocycles. The molecule has 1 aromatic heterocycles. The van der Waals surface area contributed by atoms with E-state index in [2.05, 4.69) is 5.32 Å². The van der Waals surface area contributed by atoms with Crippen LogP contribution in [0.15, 0.2) is 51.7 Å². The molecule has 4 rings (SSSR count). The second-order valence-corrected chi connectivity index (χ2v) is 9.00. The van der Waals surface area contributed by atoms with Gasteiger partial charge in [0.15, 0.2) is 11.5 Å². The molecule has 10 heteroatoms. The van der Waals surface area contributed by atoms with E-state index in [1.54, 1.807) is 50.2 Å². The molecule has 0 fully saturated rings. The topological polar surface area (TPSA) is 113 Å². The Morgan fingerprint density at radius 1 is 1.03 bits per heavy atom. The third-order valence-corrected chi connectivity index (χ3v) is 6.77. The first-order valence-corrected chi connectivity index (χ1v) is 11.8. The Morgan fingerprint density at radius 2 is 1.69 bits per heavy atom. The lowest BCUT2D eigenvalue weighted by Crippen LogP contribution is -2.20. The summed E-state index contributed by atoms with van der Waals surface area (Å²) >= 11 is 0. The summed E-state index contributed by atoms with van der Waals surface area (Å²) in [6.45, 7) is 4.15. The predicted molar refractivity (Wildman–Crippen MR) is 118 cm³/mol. The second-order valence-electron chi connectivity index (χ2n) is 6.95. The monoisotopic (exact) mass is 459 g/mol. The number of hydrogen-bond acceptors (Lipinski definition) is 8. The highest BCUT2D eigenvalue weighted by molar-refractivity contribution is 7.53. The summed E-state index contributed by atoms with van der Waals surface area (Å²) in [6.07, 6.45) is 0.118. The molecule has 1 aliphatic rings. The smallest absolute Gasteiger partial charge is 0.349 e. The molecule has 2 aromatic carbocycles. The summed E-state index contributed by atoms with van der Waals surface area (Å²) in [6, 6.07) is 11.4. The zero-order valence-corrected chi connectivity index (χ0v) is 18.5. The summed E-state index contributed by atoms with van der Waals surface area (Å²) in [5.74, 6) is 0.390. The molecule has 1 aliphatic heterocycles. The normalized spacial score (nSPS) is 12.8. The van der Waals surface area contributed by atoms with Crippen LogP contribution in [0.3, 0.4) is 0 Å². The SMILES string of the molecule is CCOP(=O)(Cc1ccc(NC(=O)c2cc3cc4c(cc3oc2=O)OCO4)cc1)OCC. The first kappa shape index (κ1) is 22.1. The van der Waals surface area contributed by atoms with Crippen molar-refractivity contribution < 1.29 is 32.3 Å². The van der Waals surface area contributed by atoms with E-state index < -0.39 is 19.1 Å². The minimum atomic E-state index is -3.23. The number of carbonyl (C=O) groups is 1. The highest BCUT2D eigenvalue weighted by atomic mass is 31.2. The Kier molecular flexibility index (Phi) is 6.32. The molecule has 0 saturated heterocycles. The van der Waals surface area contributed by atoms with Crippen LogP contribution in [0.1, 0.15) is 29.8 Å². The number of hydrogen-bond donors (Lipinski definition) is 1. The van der Waals surface area contributed by atoms with Crippen LogP contribution in [0.5, 0.6) is 11.5 Å². The number of carbonyl (C=O) groups excluding carboxylic acids is 1. The van der Waals surface area contributed by atoms with Crippen molar-refractivity contribution in [2.24, 2.45) is 0 Å². The van der Waals surface area contributed by atoms with Crippen molar-refractivity contribution in [2.45, 2.75) is 20.0 Å². The second kappa shape index (κ2) is 9.16. The van der Waals surface area contributed by atoms with Crippen LogP contribution < -0.4 is 20.4 Å². The molecule has 32 heavy (non-hydrogen) atoms. The lowest BCUT2D eigenvalue weighted by molar-refractivity contribution is 0.102. The number of ether oxygens (including phenoxy) is 2. The molecule has 1 N–H and O–H groups in total. The van der Waals surface area contributed by atoms with E-state index in [1.807, 2.05) is 0 Å². The molecule has 0 bridgehead atoms. The summed E-state index contributed by atoms with van der Waals surface area (Å²) in [7, 11) is -3.23. The van der Waals surface area contributed by atoms with Gasteiger partial charge in [-0.05, 0) is 43.7 Å². The Morgan fingerprint density at radius 3 is 2.34 bits per heavy atom. The van der Waals surface area contributed by atoms with Gasteiger partial charge >= 0.3 is 13.2 Å². The quantitative estimate of drug-likeness (QED) is 0.386. The molecule has 0 atom stereocenters. The largest absolute Gasteiger partial charge is 0.454 e. The van der Waals surface area contributed by atoms with Gasteiger partial charge in [-0.1, -0.05) is 12.1 Å². The van der Waals surface area contributed by atoms with E-state index >= 15 is 0 Å². The lowest BCUT2D eigenvalue weighted by Gasteiger charge is -2.17. The van der Waals surface area contributed by atoms with Crippen LogP contribution in [0.2, 0.25) is 0 Å². The maximum absolute atomic E-state index is 12.7. The van der Waals surface area contributed by atoms with Crippen molar-refractivity contribution in [3.05, 3.63) is 64.0 Å². The number of nitrogens with one attached hydrogen (secondary N) is 1. The van der Waals surface area contributed by atoms with Gasteiger partial charge in [-0.15, -0.1) is 0 Å². The zero-order chi connectivity index (χ0) is 22.7. The Balaban J connectivity index is 1.51. The molecule has 0 spiro atoms. The third kappa shape index (κ3) is 4.70. The average Bonchev–Trinajstić information content (AvgIpc) is 3.20. The van der Waals surface area contributed by atoms with Crippen LogP contribution in [0.4, 0.5) is 5.69 Å². The molecule has 1 amide bonds. The first-order chi connectivity index (χ1) is 15.4. The van der Waals surface area contributed by atoms with Gasteiger partial charge in [0, 0.05) is 17.1 Å². The van der Waals surface area contributed by atoms with Crippen LogP contribution >= 0.6 is 7.60 Å². The zero-order valence-electron chi connectivity index (χ0n) is 17.6. The van der Waals surface area contributed by atoms with E-state index in [0.29, 0.717) is 28.2 Å². The standard InChI is InChI=1S/C22H22NO8P/c1-3-29-32(26,30-4-2)12-14-5-7-16(8-6-14)23-21(24)17-9-15-10-19-20(28-13-27-19)11-18(15)31-22(17)25/h5-11H,3-4,12-13H2,1-2H3,(H,23,24). The first-order valence-electron chi connectivity index (χ1n) is 10.1. The van der Waals surface area contributed by atoms with Crippen molar-refractivity contribution in [1.82, 2.24) is 0 Å². The minimum Gasteiger partial charge on any atom is -0.454 e. The van der Waals surface area contributed by atoms with Crippen LogP contribution in [-0.2, 0) is 19.8 Å².